The number of rotatable bonds is 2. The predicted molar refractivity (Wildman–Crippen MR) is 88.1 cm³/mol. The number of hydrogen-bond donors (Lipinski definition) is 1. The third-order valence-electron chi connectivity index (χ3n) is 3.99. The molecule has 0 saturated carbocycles. The molecule has 108 valence electrons. The van der Waals surface area contributed by atoms with Gasteiger partial charge >= 0.3 is 0 Å². The Labute approximate surface area is 127 Å². The van der Waals surface area contributed by atoms with Crippen LogP contribution in [0, 0.1) is 0 Å². The molecule has 0 aliphatic carbocycles. The first-order valence-electron chi connectivity index (χ1n) is 7.36. The summed E-state index contributed by atoms with van der Waals surface area (Å²) >= 11 is 0. The van der Waals surface area contributed by atoms with E-state index < -0.39 is 0 Å². The summed E-state index contributed by atoms with van der Waals surface area (Å²) in [6.07, 6.45) is 1.02. The first-order chi connectivity index (χ1) is 10.8. The molecule has 0 radical (unpaired) electrons. The number of fused-ring (bicyclic) bond motifs is 3. The van der Waals surface area contributed by atoms with Crippen molar-refractivity contribution in [2.24, 2.45) is 0 Å². The van der Waals surface area contributed by atoms with E-state index in [9.17, 15) is 4.79 Å². The first-order valence-corrected chi connectivity index (χ1v) is 7.36. The van der Waals surface area contributed by atoms with Crippen LogP contribution < -0.4 is 5.56 Å². The van der Waals surface area contributed by atoms with Gasteiger partial charge in [-0.15, -0.1) is 0 Å². The fourth-order valence-corrected chi connectivity index (χ4v) is 2.74. The molecule has 0 unspecified atom stereocenters. The first kappa shape index (κ1) is 12.8. The fraction of sp³-hybridized carbons (Fsp3) is 0.111. The molecule has 4 rings (SSSR count). The maximum Gasteiger partial charge on any atom is 0.259 e. The van der Waals surface area contributed by atoms with Crippen molar-refractivity contribution in [3.05, 3.63) is 70.5 Å². The second-order valence-corrected chi connectivity index (χ2v) is 5.35. The van der Waals surface area contributed by atoms with E-state index in [1.54, 1.807) is 4.52 Å². The van der Waals surface area contributed by atoms with Gasteiger partial charge in [0.2, 0.25) is 0 Å². The molecule has 4 aromatic rings. The van der Waals surface area contributed by atoms with Crippen molar-refractivity contribution >= 4 is 16.6 Å². The van der Waals surface area contributed by atoms with E-state index in [1.807, 2.05) is 30.3 Å². The minimum Gasteiger partial charge on any atom is -0.306 e. The number of hydrogen-bond acceptors (Lipinski definition) is 2. The van der Waals surface area contributed by atoms with E-state index in [1.165, 1.54) is 5.56 Å². The van der Waals surface area contributed by atoms with Crippen molar-refractivity contribution in [2.45, 2.75) is 13.3 Å². The van der Waals surface area contributed by atoms with Gasteiger partial charge in [-0.1, -0.05) is 43.3 Å². The van der Waals surface area contributed by atoms with Gasteiger partial charge in [-0.05, 0) is 24.1 Å². The van der Waals surface area contributed by atoms with Crippen LogP contribution in [0.3, 0.4) is 0 Å². The molecule has 0 bridgehead atoms. The van der Waals surface area contributed by atoms with Crippen molar-refractivity contribution in [1.29, 1.82) is 0 Å². The summed E-state index contributed by atoms with van der Waals surface area (Å²) in [5.41, 5.74) is 4.64. The standard InChI is InChI=1S/C18H15N3O/c1-2-12-7-9-13(10-8-12)15-11-17-19-18(22)14-5-3-4-6-16(14)21(17)20-15/h3-11H,2H2,1H3,(H,19,22). The van der Waals surface area contributed by atoms with E-state index in [0.29, 0.717) is 11.0 Å². The van der Waals surface area contributed by atoms with Gasteiger partial charge in [0, 0.05) is 11.6 Å². The van der Waals surface area contributed by atoms with Crippen LogP contribution in [-0.2, 0) is 6.42 Å². The predicted octanol–water partition coefficient (Wildman–Crippen LogP) is 3.41. The molecule has 0 spiro atoms. The quantitative estimate of drug-likeness (QED) is 0.615. The Morgan fingerprint density at radius 3 is 2.64 bits per heavy atom. The molecule has 0 aliphatic rings. The van der Waals surface area contributed by atoms with Crippen LogP contribution >= 0.6 is 0 Å². The van der Waals surface area contributed by atoms with Gasteiger partial charge in [0.1, 0.15) is 5.65 Å². The zero-order chi connectivity index (χ0) is 15.1. The minimum absolute atomic E-state index is 0.0871. The summed E-state index contributed by atoms with van der Waals surface area (Å²) in [6.45, 7) is 2.14. The molecule has 2 aromatic carbocycles. The number of aromatic nitrogens is 3. The molecule has 0 fully saturated rings. The van der Waals surface area contributed by atoms with E-state index in [0.717, 1.165) is 23.2 Å². The number of aryl methyl sites for hydroxylation is 1. The minimum atomic E-state index is -0.0871. The topological polar surface area (TPSA) is 50.2 Å². The summed E-state index contributed by atoms with van der Waals surface area (Å²) in [4.78, 5) is 15.0. The molecular weight excluding hydrogens is 274 g/mol. The van der Waals surface area contributed by atoms with Gasteiger partial charge in [-0.3, -0.25) is 4.79 Å². The fourth-order valence-electron chi connectivity index (χ4n) is 2.74. The lowest BCUT2D eigenvalue weighted by molar-refractivity contribution is 0.981. The Morgan fingerprint density at radius 1 is 1.09 bits per heavy atom. The lowest BCUT2D eigenvalue weighted by Gasteiger charge is -2.00. The molecule has 0 amide bonds. The van der Waals surface area contributed by atoms with E-state index in [-0.39, 0.29) is 5.56 Å². The van der Waals surface area contributed by atoms with Crippen LogP contribution in [0.1, 0.15) is 12.5 Å². The summed E-state index contributed by atoms with van der Waals surface area (Å²) in [5, 5.41) is 5.30. The SMILES string of the molecule is CCc1ccc(-c2cc3[nH]c(=O)c4ccccc4n3n2)cc1. The van der Waals surface area contributed by atoms with Crippen LogP contribution in [0.4, 0.5) is 0 Å². The lowest BCUT2D eigenvalue weighted by atomic mass is 10.1. The third-order valence-corrected chi connectivity index (χ3v) is 3.99. The van der Waals surface area contributed by atoms with Gasteiger partial charge in [-0.2, -0.15) is 5.10 Å². The number of aromatic amines is 1. The van der Waals surface area contributed by atoms with Crippen LogP contribution in [0.25, 0.3) is 27.8 Å². The van der Waals surface area contributed by atoms with Gasteiger partial charge < -0.3 is 4.98 Å². The maximum absolute atomic E-state index is 12.1. The molecule has 2 heterocycles. The zero-order valence-corrected chi connectivity index (χ0v) is 12.2. The zero-order valence-electron chi connectivity index (χ0n) is 12.2. The van der Waals surface area contributed by atoms with Crippen LogP contribution in [0.2, 0.25) is 0 Å². The number of H-pyrrole nitrogens is 1. The smallest absolute Gasteiger partial charge is 0.259 e. The Morgan fingerprint density at radius 2 is 1.86 bits per heavy atom. The number of para-hydroxylation sites is 1. The molecule has 22 heavy (non-hydrogen) atoms. The van der Waals surface area contributed by atoms with Crippen molar-refractivity contribution in [3.63, 3.8) is 0 Å². The van der Waals surface area contributed by atoms with Gasteiger partial charge in [0.15, 0.2) is 0 Å². The third kappa shape index (κ3) is 1.92. The molecule has 2 aromatic heterocycles. The Bertz CT molecular complexity index is 1030. The van der Waals surface area contributed by atoms with E-state index >= 15 is 0 Å². The Balaban J connectivity index is 1.97. The average Bonchev–Trinajstić information content (AvgIpc) is 2.99. The highest BCUT2D eigenvalue weighted by atomic mass is 16.1. The summed E-state index contributed by atoms with van der Waals surface area (Å²) < 4.78 is 1.79. The van der Waals surface area contributed by atoms with Crippen LogP contribution in [0.5, 0.6) is 0 Å². The van der Waals surface area contributed by atoms with Crippen LogP contribution in [-0.4, -0.2) is 14.6 Å². The Hall–Kier alpha value is -2.88. The van der Waals surface area contributed by atoms with Crippen molar-refractivity contribution in [2.75, 3.05) is 0 Å². The molecule has 0 saturated heterocycles. The van der Waals surface area contributed by atoms with Crippen molar-refractivity contribution in [3.8, 4) is 11.3 Å². The van der Waals surface area contributed by atoms with E-state index in [4.69, 9.17) is 0 Å². The van der Waals surface area contributed by atoms with Gasteiger partial charge in [0.25, 0.3) is 5.56 Å². The lowest BCUT2D eigenvalue weighted by Crippen LogP contribution is -2.09. The molecule has 4 nitrogen and oxygen atoms in total. The van der Waals surface area contributed by atoms with Gasteiger partial charge in [0.05, 0.1) is 16.6 Å². The highest BCUT2D eigenvalue weighted by Gasteiger charge is 2.09. The van der Waals surface area contributed by atoms with E-state index in [2.05, 4.69) is 41.3 Å². The second-order valence-electron chi connectivity index (χ2n) is 5.35. The second kappa shape index (κ2) is 4.84. The highest BCUT2D eigenvalue weighted by Crippen LogP contribution is 2.21. The monoisotopic (exact) mass is 289 g/mol. The Kier molecular flexibility index (Phi) is 2.82. The summed E-state index contributed by atoms with van der Waals surface area (Å²) in [5.74, 6) is 0. The molecule has 4 heteroatoms. The van der Waals surface area contributed by atoms with Crippen molar-refractivity contribution in [1.82, 2.24) is 14.6 Å². The normalized spacial score (nSPS) is 11.3. The molecule has 0 atom stereocenters. The number of nitrogens with one attached hydrogen (secondary N) is 1. The number of nitrogens with zero attached hydrogens (tertiary/aromatic N) is 2. The average molecular weight is 289 g/mol. The van der Waals surface area contributed by atoms with Crippen molar-refractivity contribution < 1.29 is 0 Å². The maximum atomic E-state index is 12.1. The molecular formula is C18H15N3O. The highest BCUT2D eigenvalue weighted by molar-refractivity contribution is 5.81. The molecule has 1 N–H and O–H groups in total. The largest absolute Gasteiger partial charge is 0.306 e. The number of benzene rings is 2. The van der Waals surface area contributed by atoms with Crippen LogP contribution in [0.15, 0.2) is 59.4 Å². The molecule has 0 aliphatic heterocycles. The summed E-state index contributed by atoms with van der Waals surface area (Å²) in [7, 11) is 0. The summed E-state index contributed by atoms with van der Waals surface area (Å²) in [6, 6.07) is 17.8. The van der Waals surface area contributed by atoms with Gasteiger partial charge in [-0.25, -0.2) is 4.52 Å².